The van der Waals surface area contributed by atoms with Crippen molar-refractivity contribution in [2.24, 2.45) is 5.92 Å². The molecule has 0 spiro atoms. The first-order valence-electron chi connectivity index (χ1n) is 9.43. The van der Waals surface area contributed by atoms with E-state index in [1.54, 1.807) is 29.2 Å². The van der Waals surface area contributed by atoms with Gasteiger partial charge in [0.25, 0.3) is 5.91 Å². The van der Waals surface area contributed by atoms with Crippen LogP contribution < -0.4 is 5.32 Å². The summed E-state index contributed by atoms with van der Waals surface area (Å²) in [7, 11) is 0. The molecule has 26 heavy (non-hydrogen) atoms. The van der Waals surface area contributed by atoms with Crippen LogP contribution in [0, 0.1) is 5.92 Å². The van der Waals surface area contributed by atoms with Gasteiger partial charge in [0.1, 0.15) is 0 Å². The van der Waals surface area contributed by atoms with Crippen LogP contribution in [-0.2, 0) is 0 Å². The lowest BCUT2D eigenvalue weighted by Crippen LogP contribution is -2.35. The molecule has 140 valence electrons. The van der Waals surface area contributed by atoms with Gasteiger partial charge in [0, 0.05) is 24.3 Å². The third-order valence-electron chi connectivity index (χ3n) is 4.86. The van der Waals surface area contributed by atoms with Crippen molar-refractivity contribution in [3.63, 3.8) is 0 Å². The van der Waals surface area contributed by atoms with Crippen molar-refractivity contribution in [1.82, 2.24) is 20.0 Å². The smallest absolute Gasteiger partial charge is 0.254 e. The van der Waals surface area contributed by atoms with Gasteiger partial charge in [-0.25, -0.2) is 4.68 Å². The molecule has 1 amide bonds. The van der Waals surface area contributed by atoms with E-state index in [1.807, 2.05) is 12.1 Å². The number of hydrogen-bond acceptors (Lipinski definition) is 3. The Labute approximate surface area is 160 Å². The van der Waals surface area contributed by atoms with Gasteiger partial charge in [0.05, 0.1) is 17.4 Å². The SMILES string of the molecule is CC1CCCN(CCCCNC(=O)c2cnn(-c3ccc(Cl)cc3)c2)C1. The Kier molecular flexibility index (Phi) is 6.69. The zero-order valence-electron chi connectivity index (χ0n) is 15.3. The molecule has 0 bridgehead atoms. The van der Waals surface area contributed by atoms with E-state index in [9.17, 15) is 4.79 Å². The molecule has 1 unspecified atom stereocenters. The molecule has 1 saturated heterocycles. The summed E-state index contributed by atoms with van der Waals surface area (Å²) in [5.74, 6) is 0.748. The standard InChI is InChI=1S/C20H27ClN4O/c1-16-5-4-12-24(14-16)11-3-2-10-22-20(26)17-13-23-25(15-17)19-8-6-18(21)7-9-19/h6-9,13,15-16H,2-5,10-12,14H2,1H3,(H,22,26). The maximum atomic E-state index is 12.3. The Morgan fingerprint density at radius 1 is 1.31 bits per heavy atom. The summed E-state index contributed by atoms with van der Waals surface area (Å²) < 4.78 is 1.68. The number of halogens is 1. The van der Waals surface area contributed by atoms with Gasteiger partial charge in [-0.15, -0.1) is 0 Å². The minimum atomic E-state index is -0.0724. The second kappa shape index (κ2) is 9.19. The molecule has 2 aromatic rings. The molecule has 0 aliphatic carbocycles. The van der Waals surface area contributed by atoms with Crippen LogP contribution in [0.5, 0.6) is 0 Å². The normalized spacial score (nSPS) is 18.0. The Morgan fingerprint density at radius 2 is 2.12 bits per heavy atom. The lowest BCUT2D eigenvalue weighted by atomic mass is 10.0. The Bertz CT molecular complexity index is 713. The van der Waals surface area contributed by atoms with Crippen molar-refractivity contribution in [2.45, 2.75) is 32.6 Å². The highest BCUT2D eigenvalue weighted by atomic mass is 35.5. The topological polar surface area (TPSA) is 50.2 Å². The van der Waals surface area contributed by atoms with Gasteiger partial charge in [-0.1, -0.05) is 18.5 Å². The average Bonchev–Trinajstić information content (AvgIpc) is 3.12. The number of nitrogens with one attached hydrogen (secondary N) is 1. The number of nitrogens with zero attached hydrogens (tertiary/aromatic N) is 3. The number of piperidine rings is 1. The molecule has 1 fully saturated rings. The molecule has 0 saturated carbocycles. The van der Waals surface area contributed by atoms with Gasteiger partial charge in [0.2, 0.25) is 0 Å². The molecule has 3 rings (SSSR count). The maximum absolute atomic E-state index is 12.3. The first-order valence-corrected chi connectivity index (χ1v) is 9.81. The number of carbonyl (C=O) groups excluding carboxylic acids is 1. The van der Waals surface area contributed by atoms with Crippen LogP contribution in [0.2, 0.25) is 5.02 Å². The zero-order valence-corrected chi connectivity index (χ0v) is 16.1. The van der Waals surface area contributed by atoms with Crippen LogP contribution in [-0.4, -0.2) is 46.8 Å². The van der Waals surface area contributed by atoms with Crippen LogP contribution >= 0.6 is 11.6 Å². The van der Waals surface area contributed by atoms with E-state index >= 15 is 0 Å². The minimum Gasteiger partial charge on any atom is -0.352 e. The molecular formula is C20H27ClN4O. The van der Waals surface area contributed by atoms with Crippen LogP contribution in [0.4, 0.5) is 0 Å². The Balaban J connectivity index is 1.39. The minimum absolute atomic E-state index is 0.0724. The molecule has 0 radical (unpaired) electrons. The molecular weight excluding hydrogens is 348 g/mol. The van der Waals surface area contributed by atoms with Crippen molar-refractivity contribution < 1.29 is 4.79 Å². The molecule has 1 aliphatic rings. The first kappa shape index (κ1) is 18.9. The highest BCUT2D eigenvalue weighted by Crippen LogP contribution is 2.16. The van der Waals surface area contributed by atoms with E-state index < -0.39 is 0 Å². The van der Waals surface area contributed by atoms with Crippen molar-refractivity contribution >= 4 is 17.5 Å². The van der Waals surface area contributed by atoms with E-state index in [0.717, 1.165) is 31.0 Å². The summed E-state index contributed by atoms with van der Waals surface area (Å²) in [6.07, 6.45) is 8.14. The van der Waals surface area contributed by atoms with Crippen molar-refractivity contribution in [1.29, 1.82) is 0 Å². The fourth-order valence-electron chi connectivity index (χ4n) is 3.43. The van der Waals surface area contributed by atoms with Crippen LogP contribution in [0.1, 0.15) is 43.0 Å². The molecule has 1 aromatic carbocycles. The molecule has 1 N–H and O–H groups in total. The molecule has 6 heteroatoms. The molecule has 2 heterocycles. The monoisotopic (exact) mass is 374 g/mol. The predicted molar refractivity (Wildman–Crippen MR) is 105 cm³/mol. The number of hydrogen-bond donors (Lipinski definition) is 1. The highest BCUT2D eigenvalue weighted by Gasteiger charge is 2.15. The first-order chi connectivity index (χ1) is 12.6. The second-order valence-corrected chi connectivity index (χ2v) is 7.60. The summed E-state index contributed by atoms with van der Waals surface area (Å²) >= 11 is 5.90. The van der Waals surface area contributed by atoms with E-state index in [4.69, 9.17) is 11.6 Å². The van der Waals surface area contributed by atoms with Crippen LogP contribution in [0.25, 0.3) is 5.69 Å². The van der Waals surface area contributed by atoms with Gasteiger partial charge >= 0.3 is 0 Å². The number of carbonyl (C=O) groups is 1. The molecule has 1 aromatic heterocycles. The third kappa shape index (κ3) is 5.32. The number of amides is 1. The lowest BCUT2D eigenvalue weighted by Gasteiger charge is -2.30. The zero-order chi connectivity index (χ0) is 18.4. The predicted octanol–water partition coefficient (Wildman–Crippen LogP) is 3.77. The number of unbranched alkanes of at least 4 members (excludes halogenated alkanes) is 1. The van der Waals surface area contributed by atoms with E-state index in [-0.39, 0.29) is 5.91 Å². The van der Waals surface area contributed by atoms with Crippen molar-refractivity contribution in [3.05, 3.63) is 47.2 Å². The highest BCUT2D eigenvalue weighted by molar-refractivity contribution is 6.30. The number of likely N-dealkylation sites (tertiary alicyclic amines) is 1. The quantitative estimate of drug-likeness (QED) is 0.750. The van der Waals surface area contributed by atoms with E-state index in [2.05, 4.69) is 22.2 Å². The Hall–Kier alpha value is -1.85. The van der Waals surface area contributed by atoms with Gasteiger partial charge < -0.3 is 10.2 Å². The lowest BCUT2D eigenvalue weighted by molar-refractivity contribution is 0.0952. The number of aromatic nitrogens is 2. The van der Waals surface area contributed by atoms with Crippen LogP contribution in [0.3, 0.4) is 0 Å². The summed E-state index contributed by atoms with van der Waals surface area (Å²) in [5, 5.41) is 7.92. The summed E-state index contributed by atoms with van der Waals surface area (Å²) in [6, 6.07) is 7.36. The third-order valence-corrected chi connectivity index (χ3v) is 5.12. The van der Waals surface area contributed by atoms with Gasteiger partial charge in [-0.05, 0) is 69.0 Å². The van der Waals surface area contributed by atoms with E-state index in [1.165, 1.54) is 25.9 Å². The maximum Gasteiger partial charge on any atom is 0.254 e. The van der Waals surface area contributed by atoms with Crippen molar-refractivity contribution in [3.8, 4) is 5.69 Å². The fraction of sp³-hybridized carbons (Fsp3) is 0.500. The number of rotatable bonds is 7. The molecule has 1 atom stereocenters. The van der Waals surface area contributed by atoms with Gasteiger partial charge in [-0.3, -0.25) is 4.79 Å². The van der Waals surface area contributed by atoms with Crippen LogP contribution in [0.15, 0.2) is 36.7 Å². The fourth-order valence-corrected chi connectivity index (χ4v) is 3.56. The molecule has 5 nitrogen and oxygen atoms in total. The summed E-state index contributed by atoms with van der Waals surface area (Å²) in [5.41, 5.74) is 1.45. The van der Waals surface area contributed by atoms with E-state index in [0.29, 0.717) is 17.1 Å². The van der Waals surface area contributed by atoms with Gasteiger partial charge in [-0.2, -0.15) is 5.10 Å². The molecule has 1 aliphatic heterocycles. The largest absolute Gasteiger partial charge is 0.352 e. The van der Waals surface area contributed by atoms with Gasteiger partial charge in [0.15, 0.2) is 0 Å². The average molecular weight is 375 g/mol. The van der Waals surface area contributed by atoms with Crippen molar-refractivity contribution in [2.75, 3.05) is 26.2 Å². The summed E-state index contributed by atoms with van der Waals surface area (Å²) in [6.45, 7) is 6.61. The Morgan fingerprint density at radius 3 is 2.88 bits per heavy atom. The number of benzene rings is 1. The second-order valence-electron chi connectivity index (χ2n) is 7.16. The summed E-state index contributed by atoms with van der Waals surface area (Å²) in [4.78, 5) is 14.8.